The van der Waals surface area contributed by atoms with E-state index in [1.807, 2.05) is 12.3 Å². The van der Waals surface area contributed by atoms with Gasteiger partial charge in [0.2, 0.25) is 5.13 Å². The van der Waals surface area contributed by atoms with Crippen LogP contribution in [0.15, 0.2) is 28.6 Å². The Hall–Kier alpha value is -1.31. The molecule has 2 aromatic rings. The summed E-state index contributed by atoms with van der Waals surface area (Å²) in [5, 5.41) is 12.4. The first-order valence-corrected chi connectivity index (χ1v) is 10.9. The largest absolute Gasteiger partial charge is 0.494 e. The number of benzene rings is 1. The Labute approximate surface area is 158 Å². The van der Waals surface area contributed by atoms with Crippen molar-refractivity contribution < 1.29 is 4.74 Å². The smallest absolute Gasteiger partial charge is 0.206 e. The summed E-state index contributed by atoms with van der Waals surface area (Å²) in [4.78, 5) is 2.54. The molecule has 3 rings (SSSR count). The van der Waals surface area contributed by atoms with Crippen LogP contribution in [-0.2, 0) is 6.54 Å². The van der Waals surface area contributed by atoms with Crippen LogP contribution in [0.3, 0.4) is 0 Å². The van der Waals surface area contributed by atoms with Crippen molar-refractivity contribution in [2.45, 2.75) is 36.6 Å². The highest BCUT2D eigenvalue weighted by molar-refractivity contribution is 8.00. The van der Waals surface area contributed by atoms with Gasteiger partial charge in [0.1, 0.15) is 5.75 Å². The summed E-state index contributed by atoms with van der Waals surface area (Å²) < 4.78 is 6.89. The fourth-order valence-corrected chi connectivity index (χ4v) is 4.13. The molecule has 1 N–H and O–H groups in total. The van der Waals surface area contributed by atoms with E-state index in [2.05, 4.69) is 38.6 Å². The number of nitrogens with zero attached hydrogens (tertiary/aromatic N) is 3. The van der Waals surface area contributed by atoms with Crippen molar-refractivity contribution in [3.8, 4) is 5.75 Å². The summed E-state index contributed by atoms with van der Waals surface area (Å²) in [5.41, 5.74) is 1.34. The average molecular weight is 379 g/mol. The van der Waals surface area contributed by atoms with Crippen LogP contribution in [0.25, 0.3) is 0 Å². The Bertz CT molecular complexity index is 644. The van der Waals surface area contributed by atoms with Gasteiger partial charge in [0.15, 0.2) is 4.34 Å². The van der Waals surface area contributed by atoms with Gasteiger partial charge in [-0.3, -0.25) is 4.90 Å². The quantitative estimate of drug-likeness (QED) is 0.523. The molecule has 0 amide bonds. The van der Waals surface area contributed by atoms with Gasteiger partial charge in [0.25, 0.3) is 0 Å². The molecule has 0 atom stereocenters. The summed E-state index contributed by atoms with van der Waals surface area (Å²) in [6, 6.07) is 8.51. The number of thioether (sulfide) groups is 1. The lowest BCUT2D eigenvalue weighted by atomic mass is 10.1. The van der Waals surface area contributed by atoms with Crippen molar-refractivity contribution >= 4 is 28.2 Å². The van der Waals surface area contributed by atoms with Crippen molar-refractivity contribution in [1.29, 1.82) is 0 Å². The summed E-state index contributed by atoms with van der Waals surface area (Å²) in [5.74, 6) is 0.968. The number of hydrogen-bond donors (Lipinski definition) is 1. The minimum Gasteiger partial charge on any atom is -0.494 e. The molecule has 2 heterocycles. The summed E-state index contributed by atoms with van der Waals surface area (Å²) in [7, 11) is 0. The van der Waals surface area contributed by atoms with Crippen molar-refractivity contribution in [1.82, 2.24) is 15.1 Å². The highest BCUT2D eigenvalue weighted by atomic mass is 32.2. The molecule has 1 fully saturated rings. The monoisotopic (exact) mass is 378 g/mol. The molecule has 0 bridgehead atoms. The predicted octanol–water partition coefficient (Wildman–Crippen LogP) is 4.13. The third-order valence-electron chi connectivity index (χ3n) is 4.20. The number of aromatic nitrogens is 2. The van der Waals surface area contributed by atoms with E-state index in [4.69, 9.17) is 4.74 Å². The summed E-state index contributed by atoms with van der Waals surface area (Å²) >= 11 is 3.21. The third kappa shape index (κ3) is 6.17. The molecule has 136 valence electrons. The van der Waals surface area contributed by atoms with Crippen LogP contribution < -0.4 is 10.1 Å². The molecule has 0 unspecified atom stereocenters. The first kappa shape index (κ1) is 18.5. The first-order chi connectivity index (χ1) is 12.3. The van der Waals surface area contributed by atoms with Crippen LogP contribution in [0.2, 0.25) is 0 Å². The maximum Gasteiger partial charge on any atom is 0.206 e. The van der Waals surface area contributed by atoms with Crippen molar-refractivity contribution in [3.05, 3.63) is 29.8 Å². The van der Waals surface area contributed by atoms with Crippen LogP contribution in [-0.4, -0.2) is 47.6 Å². The topological polar surface area (TPSA) is 50.3 Å². The van der Waals surface area contributed by atoms with Gasteiger partial charge in [-0.05, 0) is 56.3 Å². The number of nitrogens with one attached hydrogen (secondary N) is 1. The average Bonchev–Trinajstić information content (AvgIpc) is 3.11. The number of likely N-dealkylation sites (tertiary alicyclic amines) is 1. The highest BCUT2D eigenvalue weighted by Crippen LogP contribution is 2.23. The molecule has 1 saturated heterocycles. The minimum absolute atomic E-state index is 0.703. The number of piperidine rings is 1. The molecule has 5 nitrogen and oxygen atoms in total. The van der Waals surface area contributed by atoms with Gasteiger partial charge in [0.05, 0.1) is 6.61 Å². The Balaban J connectivity index is 1.37. The van der Waals surface area contributed by atoms with Gasteiger partial charge >= 0.3 is 0 Å². The lowest BCUT2D eigenvalue weighted by molar-refractivity contribution is 0.220. The zero-order valence-electron chi connectivity index (χ0n) is 14.7. The Morgan fingerprint density at radius 3 is 2.92 bits per heavy atom. The van der Waals surface area contributed by atoms with Crippen LogP contribution in [0, 0.1) is 0 Å². The maximum atomic E-state index is 5.90. The second kappa shape index (κ2) is 9.99. The standard InChI is InChI=1S/C18H26N4OS2/c1-24-18-21-20-17(25-18)19-9-6-12-23-16-8-5-7-15(13-16)14-22-10-3-2-4-11-22/h5,7-8,13H,2-4,6,9-12,14H2,1H3,(H,19,20). The molecule has 25 heavy (non-hydrogen) atoms. The third-order valence-corrected chi connectivity index (χ3v) is 6.06. The Morgan fingerprint density at radius 1 is 1.24 bits per heavy atom. The van der Waals surface area contributed by atoms with Gasteiger partial charge in [-0.15, -0.1) is 10.2 Å². The zero-order chi connectivity index (χ0) is 17.3. The second-order valence-corrected chi connectivity index (χ2v) is 8.22. The predicted molar refractivity (Wildman–Crippen MR) is 106 cm³/mol. The van der Waals surface area contributed by atoms with Gasteiger partial charge in [-0.25, -0.2) is 0 Å². The van der Waals surface area contributed by atoms with E-state index in [0.29, 0.717) is 6.61 Å². The van der Waals surface area contributed by atoms with Crippen LogP contribution in [0.1, 0.15) is 31.2 Å². The number of anilines is 1. The van der Waals surface area contributed by atoms with Crippen LogP contribution in [0.4, 0.5) is 5.13 Å². The van der Waals surface area contributed by atoms with E-state index in [-0.39, 0.29) is 0 Å². The molecule has 0 radical (unpaired) electrons. The van der Waals surface area contributed by atoms with Gasteiger partial charge in [-0.1, -0.05) is 41.7 Å². The molecule has 0 spiro atoms. The second-order valence-electron chi connectivity index (χ2n) is 6.19. The van der Waals surface area contributed by atoms with Crippen LogP contribution in [0.5, 0.6) is 5.75 Å². The molecule has 1 aliphatic rings. The first-order valence-electron chi connectivity index (χ1n) is 8.89. The maximum absolute atomic E-state index is 5.90. The van der Waals surface area contributed by atoms with Crippen molar-refractivity contribution in [2.75, 3.05) is 37.8 Å². The number of rotatable bonds is 9. The summed E-state index contributed by atoms with van der Waals surface area (Å²) in [6.07, 6.45) is 6.98. The van der Waals surface area contributed by atoms with Gasteiger partial charge in [-0.2, -0.15) is 0 Å². The van der Waals surface area contributed by atoms with Gasteiger partial charge < -0.3 is 10.1 Å². The fraction of sp³-hybridized carbons (Fsp3) is 0.556. The molecular formula is C18H26N4OS2. The molecule has 0 saturated carbocycles. The highest BCUT2D eigenvalue weighted by Gasteiger charge is 2.10. The number of hydrogen-bond acceptors (Lipinski definition) is 7. The van der Waals surface area contributed by atoms with Crippen LogP contribution >= 0.6 is 23.1 Å². The minimum atomic E-state index is 0.703. The molecule has 1 aliphatic heterocycles. The van der Waals surface area contributed by atoms with Gasteiger partial charge in [0, 0.05) is 13.1 Å². The van der Waals surface area contributed by atoms with E-state index in [0.717, 1.165) is 34.7 Å². The summed E-state index contributed by atoms with van der Waals surface area (Å²) in [6.45, 7) is 5.03. The van der Waals surface area contributed by atoms with Crippen molar-refractivity contribution in [3.63, 3.8) is 0 Å². The van der Waals surface area contributed by atoms with E-state index >= 15 is 0 Å². The SMILES string of the molecule is CSc1nnc(NCCCOc2cccc(CN3CCCCC3)c2)s1. The molecular weight excluding hydrogens is 352 g/mol. The fourth-order valence-electron chi connectivity index (χ4n) is 2.93. The van der Waals surface area contributed by atoms with E-state index < -0.39 is 0 Å². The molecule has 1 aromatic carbocycles. The molecule has 0 aliphatic carbocycles. The van der Waals surface area contributed by atoms with Crippen molar-refractivity contribution in [2.24, 2.45) is 0 Å². The Kier molecular flexibility index (Phi) is 7.38. The molecule has 7 heteroatoms. The Morgan fingerprint density at radius 2 is 2.12 bits per heavy atom. The number of ether oxygens (including phenoxy) is 1. The lowest BCUT2D eigenvalue weighted by Crippen LogP contribution is -2.29. The normalized spacial score (nSPS) is 15.2. The van der Waals surface area contributed by atoms with E-state index in [1.165, 1.54) is 37.9 Å². The van der Waals surface area contributed by atoms with E-state index in [9.17, 15) is 0 Å². The lowest BCUT2D eigenvalue weighted by Gasteiger charge is -2.26. The van der Waals surface area contributed by atoms with E-state index in [1.54, 1.807) is 23.1 Å². The zero-order valence-corrected chi connectivity index (χ0v) is 16.4. The molecule has 1 aromatic heterocycles.